The maximum Gasteiger partial charge on any atom is 0.524 e. The van der Waals surface area contributed by atoms with Gasteiger partial charge in [0.1, 0.15) is 12.1 Å². The number of benzene rings is 2. The number of carboxylic acids is 2. The first kappa shape index (κ1) is 43.1. The summed E-state index contributed by atoms with van der Waals surface area (Å²) in [5, 5.41) is 16.7. The second kappa shape index (κ2) is 23.4. The molecule has 2 aromatic rings. The fraction of sp³-hybridized carbons (Fsp3) is 0.467. The van der Waals surface area contributed by atoms with Gasteiger partial charge in [0.2, 0.25) is 5.75 Å². The van der Waals surface area contributed by atoms with Crippen molar-refractivity contribution in [1.82, 2.24) is 0 Å². The minimum Gasteiger partial charge on any atom is -0.493 e. The van der Waals surface area contributed by atoms with Crippen LogP contribution in [-0.2, 0) is 14.2 Å². The van der Waals surface area contributed by atoms with Gasteiger partial charge in [-0.1, -0.05) is 31.1 Å². The molecule has 0 aliphatic carbocycles. The van der Waals surface area contributed by atoms with E-state index in [4.69, 9.17) is 61.9 Å². The molecule has 0 radical (unpaired) electrons. The Morgan fingerprint density at radius 1 is 0.702 bits per heavy atom. The Morgan fingerprint density at radius 2 is 1.13 bits per heavy atom. The highest BCUT2D eigenvalue weighted by Crippen LogP contribution is 2.42. The van der Waals surface area contributed by atoms with E-state index in [0.717, 1.165) is 31.2 Å². The van der Waals surface area contributed by atoms with Crippen LogP contribution in [0, 0.1) is 0 Å². The SMILES string of the molecule is COc1ccc(/C=C\c2cc(OC)c(OC)c(OC)c2)cc1OP(=O)(O)O.NCCCCC(N)C(=O)O.NCCCCC(N)C(=O)O. The second-order valence-electron chi connectivity index (χ2n) is 9.74. The van der Waals surface area contributed by atoms with Crippen molar-refractivity contribution in [2.45, 2.75) is 50.6 Å². The predicted octanol–water partition coefficient (Wildman–Crippen LogP) is 2.42. The van der Waals surface area contributed by atoms with Gasteiger partial charge in [-0.25, -0.2) is 4.57 Å². The van der Waals surface area contributed by atoms with Gasteiger partial charge in [0, 0.05) is 0 Å². The molecular formula is C30H49N4O12P. The molecule has 47 heavy (non-hydrogen) atoms. The quantitative estimate of drug-likeness (QED) is 0.0634. The maximum atomic E-state index is 11.1. The van der Waals surface area contributed by atoms with E-state index in [1.165, 1.54) is 34.5 Å². The molecule has 0 aliphatic rings. The third kappa shape index (κ3) is 18.1. The molecule has 0 saturated carbocycles. The number of hydrogen-bond donors (Lipinski definition) is 8. The molecule has 16 nitrogen and oxygen atoms in total. The molecule has 17 heteroatoms. The molecule has 2 rings (SSSR count). The fourth-order valence-electron chi connectivity index (χ4n) is 3.65. The molecular weight excluding hydrogens is 639 g/mol. The van der Waals surface area contributed by atoms with Gasteiger partial charge in [0.15, 0.2) is 23.0 Å². The minimum absolute atomic E-state index is 0.0575. The molecule has 12 N–H and O–H groups in total. The van der Waals surface area contributed by atoms with Crippen LogP contribution in [0.4, 0.5) is 0 Å². The first-order valence-electron chi connectivity index (χ1n) is 14.5. The lowest BCUT2D eigenvalue weighted by Gasteiger charge is -2.13. The Labute approximate surface area is 274 Å². The number of phosphoric acid groups is 1. The van der Waals surface area contributed by atoms with Crippen LogP contribution in [0.15, 0.2) is 30.3 Å². The van der Waals surface area contributed by atoms with Crippen molar-refractivity contribution in [2.75, 3.05) is 41.5 Å². The van der Waals surface area contributed by atoms with Gasteiger partial charge in [-0.05, 0) is 74.2 Å². The maximum absolute atomic E-state index is 11.1. The molecule has 0 aliphatic heterocycles. The zero-order chi connectivity index (χ0) is 36.0. The zero-order valence-corrected chi connectivity index (χ0v) is 28.1. The predicted molar refractivity (Wildman–Crippen MR) is 178 cm³/mol. The number of phosphoric ester groups is 1. The third-order valence-corrected chi connectivity index (χ3v) is 6.57. The Kier molecular flexibility index (Phi) is 21.5. The molecule has 0 spiro atoms. The highest BCUT2D eigenvalue weighted by atomic mass is 31.2. The number of hydrogen-bond acceptors (Lipinski definition) is 12. The summed E-state index contributed by atoms with van der Waals surface area (Å²) in [7, 11) is 1.26. The van der Waals surface area contributed by atoms with Crippen molar-refractivity contribution >= 4 is 31.9 Å². The lowest BCUT2D eigenvalue weighted by atomic mass is 10.1. The summed E-state index contributed by atoms with van der Waals surface area (Å²) in [5.74, 6) is -0.206. The van der Waals surface area contributed by atoms with Crippen molar-refractivity contribution in [1.29, 1.82) is 0 Å². The summed E-state index contributed by atoms with van der Waals surface area (Å²) in [6.45, 7) is 1.21. The molecule has 2 aromatic carbocycles. The molecule has 0 bridgehead atoms. The number of aliphatic carboxylic acids is 2. The van der Waals surface area contributed by atoms with E-state index in [1.54, 1.807) is 36.4 Å². The Morgan fingerprint density at radius 3 is 1.49 bits per heavy atom. The Bertz CT molecular complexity index is 1250. The fourth-order valence-corrected chi connectivity index (χ4v) is 4.05. The van der Waals surface area contributed by atoms with Crippen LogP contribution in [0.3, 0.4) is 0 Å². The second-order valence-corrected chi connectivity index (χ2v) is 10.9. The largest absolute Gasteiger partial charge is 0.524 e. The molecule has 0 amide bonds. The summed E-state index contributed by atoms with van der Waals surface area (Å²) in [6, 6.07) is 6.85. The first-order valence-corrected chi connectivity index (χ1v) is 16.0. The number of carboxylic acid groups (broad SMARTS) is 2. The normalized spacial score (nSPS) is 12.0. The number of ether oxygens (including phenoxy) is 4. The summed E-state index contributed by atoms with van der Waals surface area (Å²) < 4.78 is 36.8. The average Bonchev–Trinajstić information content (AvgIpc) is 3.03. The van der Waals surface area contributed by atoms with Crippen molar-refractivity contribution in [3.8, 4) is 28.7 Å². The molecule has 0 saturated heterocycles. The Hall–Kier alpha value is -3.89. The standard InChI is InChI=1S/C18H21O8P.2C6H14N2O2/c1-22-14-8-7-12(9-15(14)26-27(19,20)21)5-6-13-10-16(23-2)18(25-4)17(11-13)24-3;2*7-4-2-1-3-5(8)6(9)10/h5-11H,1-4H3,(H2,19,20,21);2*5H,1-4,7-8H2,(H,9,10)/b6-5-;;. The monoisotopic (exact) mass is 688 g/mol. The van der Waals surface area contributed by atoms with E-state index in [2.05, 4.69) is 4.52 Å². The van der Waals surface area contributed by atoms with E-state index >= 15 is 0 Å². The highest BCUT2D eigenvalue weighted by molar-refractivity contribution is 7.46. The number of unbranched alkanes of at least 4 members (excludes halogenated alkanes) is 2. The number of nitrogens with two attached hydrogens (primary N) is 4. The van der Waals surface area contributed by atoms with E-state index in [9.17, 15) is 14.2 Å². The summed E-state index contributed by atoms with van der Waals surface area (Å²) in [6.07, 6.45) is 7.86. The van der Waals surface area contributed by atoms with E-state index in [0.29, 0.717) is 48.7 Å². The number of carbonyl (C=O) groups is 2. The lowest BCUT2D eigenvalue weighted by molar-refractivity contribution is -0.139. The topological polar surface area (TPSA) is 282 Å². The van der Waals surface area contributed by atoms with Gasteiger partial charge < -0.3 is 56.6 Å². The summed E-state index contributed by atoms with van der Waals surface area (Å²) in [4.78, 5) is 38.3. The van der Waals surface area contributed by atoms with Crippen LogP contribution in [-0.4, -0.2) is 85.6 Å². The van der Waals surface area contributed by atoms with Crippen LogP contribution in [0.5, 0.6) is 28.7 Å². The van der Waals surface area contributed by atoms with Crippen LogP contribution in [0.25, 0.3) is 12.2 Å². The number of methoxy groups -OCH3 is 4. The number of rotatable bonds is 18. The molecule has 0 fully saturated rings. The molecule has 0 aromatic heterocycles. The van der Waals surface area contributed by atoms with E-state index in [-0.39, 0.29) is 11.5 Å². The van der Waals surface area contributed by atoms with Gasteiger partial charge in [-0.3, -0.25) is 19.4 Å². The van der Waals surface area contributed by atoms with Gasteiger partial charge in [-0.2, -0.15) is 0 Å². The van der Waals surface area contributed by atoms with Crippen molar-refractivity contribution in [3.63, 3.8) is 0 Å². The van der Waals surface area contributed by atoms with Gasteiger partial charge >= 0.3 is 19.8 Å². The van der Waals surface area contributed by atoms with Crippen LogP contribution in [0.2, 0.25) is 0 Å². The molecule has 0 heterocycles. The van der Waals surface area contributed by atoms with E-state index < -0.39 is 31.8 Å². The van der Waals surface area contributed by atoms with Gasteiger partial charge in [-0.15, -0.1) is 0 Å². The summed E-state index contributed by atoms with van der Waals surface area (Å²) >= 11 is 0. The van der Waals surface area contributed by atoms with Crippen LogP contribution in [0.1, 0.15) is 49.7 Å². The van der Waals surface area contributed by atoms with E-state index in [1.807, 2.05) is 0 Å². The summed E-state index contributed by atoms with van der Waals surface area (Å²) in [5.41, 5.74) is 22.3. The first-order chi connectivity index (χ1) is 22.2. The highest BCUT2D eigenvalue weighted by Gasteiger charge is 2.19. The van der Waals surface area contributed by atoms with Gasteiger partial charge in [0.25, 0.3) is 0 Å². The van der Waals surface area contributed by atoms with Crippen LogP contribution >= 0.6 is 7.82 Å². The zero-order valence-electron chi connectivity index (χ0n) is 27.2. The average molecular weight is 689 g/mol. The third-order valence-electron chi connectivity index (χ3n) is 6.13. The van der Waals surface area contributed by atoms with Crippen molar-refractivity contribution in [2.24, 2.45) is 22.9 Å². The van der Waals surface area contributed by atoms with Crippen molar-refractivity contribution in [3.05, 3.63) is 41.5 Å². The van der Waals surface area contributed by atoms with Gasteiger partial charge in [0.05, 0.1) is 28.4 Å². The Balaban J connectivity index is 0.000000868. The minimum atomic E-state index is -4.71. The molecule has 2 atom stereocenters. The molecule has 2 unspecified atom stereocenters. The molecule has 266 valence electrons. The smallest absolute Gasteiger partial charge is 0.493 e. The lowest BCUT2D eigenvalue weighted by Crippen LogP contribution is -2.29. The van der Waals surface area contributed by atoms with Crippen molar-refractivity contribution < 1.29 is 57.6 Å². The van der Waals surface area contributed by atoms with Crippen LogP contribution < -0.4 is 46.4 Å².